The van der Waals surface area contributed by atoms with Crippen LogP contribution in [0.4, 0.5) is 0 Å². The van der Waals surface area contributed by atoms with Gasteiger partial charge in [0.2, 0.25) is 5.91 Å². The maximum Gasteiger partial charge on any atom is 0.220 e. The molecule has 1 aliphatic heterocycles. The van der Waals surface area contributed by atoms with E-state index in [0.717, 1.165) is 31.6 Å². The molecule has 0 saturated heterocycles. The second-order valence-corrected chi connectivity index (χ2v) is 7.69. The van der Waals surface area contributed by atoms with Crippen LogP contribution in [0.5, 0.6) is 11.5 Å². The molecule has 0 aromatic heterocycles. The third kappa shape index (κ3) is 6.82. The van der Waals surface area contributed by atoms with E-state index in [9.17, 15) is 9.59 Å². The number of rotatable bonds is 10. The molecule has 1 amide bonds. The summed E-state index contributed by atoms with van der Waals surface area (Å²) < 4.78 is 11.2. The Morgan fingerprint density at radius 2 is 1.58 bits per heavy atom. The molecule has 31 heavy (non-hydrogen) atoms. The first kappa shape index (κ1) is 22.8. The van der Waals surface area contributed by atoms with Crippen LogP contribution in [0.1, 0.15) is 54.6 Å². The zero-order chi connectivity index (χ0) is 22.1. The minimum Gasteiger partial charge on any atom is -0.490 e. The summed E-state index contributed by atoms with van der Waals surface area (Å²) in [5.74, 6) is 1.05. The van der Waals surface area contributed by atoms with Gasteiger partial charge in [0.05, 0.1) is 13.2 Å². The minimum absolute atomic E-state index is 0.0773. The van der Waals surface area contributed by atoms with Crippen LogP contribution in [0.15, 0.2) is 42.5 Å². The quantitative estimate of drug-likeness (QED) is 0.585. The summed E-state index contributed by atoms with van der Waals surface area (Å²) in [5.41, 5.74) is 2.85. The van der Waals surface area contributed by atoms with E-state index in [2.05, 4.69) is 36.2 Å². The number of nitrogens with zero attached hydrogens (tertiary/aromatic N) is 1. The van der Waals surface area contributed by atoms with E-state index in [1.54, 1.807) is 18.2 Å². The van der Waals surface area contributed by atoms with Crippen LogP contribution in [0.25, 0.3) is 0 Å². The molecule has 1 heterocycles. The van der Waals surface area contributed by atoms with Gasteiger partial charge < -0.3 is 14.8 Å². The number of hydrogen-bond acceptors (Lipinski definition) is 5. The Bertz CT molecular complexity index is 876. The molecular formula is C25H32N2O4. The standard InChI is InChI=1S/C25H32N2O4/c1-3-27(4-2)18-20-8-6-19(7-9-20)17-26-25(29)13-11-22(28)21-10-12-23-24(16-21)31-15-5-14-30-23/h6-10,12,16H,3-5,11,13-15,17-18H2,1-2H3,(H,26,29). The molecule has 1 N–H and O–H groups in total. The zero-order valence-corrected chi connectivity index (χ0v) is 18.5. The van der Waals surface area contributed by atoms with E-state index in [4.69, 9.17) is 9.47 Å². The number of ether oxygens (including phenoxy) is 2. The monoisotopic (exact) mass is 424 g/mol. The van der Waals surface area contributed by atoms with Crippen molar-refractivity contribution in [3.05, 3.63) is 59.2 Å². The fraction of sp³-hybridized carbons (Fsp3) is 0.440. The van der Waals surface area contributed by atoms with Gasteiger partial charge in [0.1, 0.15) is 0 Å². The lowest BCUT2D eigenvalue weighted by Crippen LogP contribution is -2.23. The Hall–Kier alpha value is -2.86. The number of ketones is 1. The van der Waals surface area contributed by atoms with Gasteiger partial charge in [-0.1, -0.05) is 38.1 Å². The Morgan fingerprint density at radius 3 is 2.29 bits per heavy atom. The summed E-state index contributed by atoms with van der Waals surface area (Å²) in [6, 6.07) is 13.5. The minimum atomic E-state index is -0.130. The smallest absolute Gasteiger partial charge is 0.220 e. The molecular weight excluding hydrogens is 392 g/mol. The molecule has 0 fully saturated rings. The number of amides is 1. The summed E-state index contributed by atoms with van der Waals surface area (Å²) >= 11 is 0. The van der Waals surface area contributed by atoms with E-state index >= 15 is 0 Å². The van der Waals surface area contributed by atoms with Crippen molar-refractivity contribution < 1.29 is 19.1 Å². The summed E-state index contributed by atoms with van der Waals surface area (Å²) in [6.07, 6.45) is 1.14. The van der Waals surface area contributed by atoms with Gasteiger partial charge in [-0.05, 0) is 42.4 Å². The molecule has 3 rings (SSSR count). The maximum absolute atomic E-state index is 12.5. The van der Waals surface area contributed by atoms with Crippen molar-refractivity contribution in [2.24, 2.45) is 0 Å². The van der Waals surface area contributed by atoms with Gasteiger partial charge >= 0.3 is 0 Å². The van der Waals surface area contributed by atoms with Crippen LogP contribution in [-0.2, 0) is 17.9 Å². The van der Waals surface area contributed by atoms with Crippen molar-refractivity contribution in [1.29, 1.82) is 0 Å². The molecule has 166 valence electrons. The molecule has 2 aromatic rings. The highest BCUT2D eigenvalue weighted by molar-refractivity contribution is 5.98. The third-order valence-corrected chi connectivity index (χ3v) is 5.46. The maximum atomic E-state index is 12.5. The van der Waals surface area contributed by atoms with Crippen molar-refractivity contribution in [3.8, 4) is 11.5 Å². The first-order valence-electron chi connectivity index (χ1n) is 11.1. The Kier molecular flexibility index (Phi) is 8.47. The predicted octanol–water partition coefficient (Wildman–Crippen LogP) is 3.97. The van der Waals surface area contributed by atoms with Crippen LogP contribution >= 0.6 is 0 Å². The molecule has 0 bridgehead atoms. The summed E-state index contributed by atoms with van der Waals surface area (Å²) in [6.45, 7) is 8.95. The fourth-order valence-electron chi connectivity index (χ4n) is 3.47. The fourth-order valence-corrected chi connectivity index (χ4v) is 3.47. The average Bonchev–Trinajstić information content (AvgIpc) is 3.05. The lowest BCUT2D eigenvalue weighted by Gasteiger charge is -2.18. The van der Waals surface area contributed by atoms with E-state index in [0.29, 0.717) is 36.8 Å². The van der Waals surface area contributed by atoms with Crippen LogP contribution < -0.4 is 14.8 Å². The van der Waals surface area contributed by atoms with Crippen molar-refractivity contribution in [1.82, 2.24) is 10.2 Å². The Labute approximate surface area is 184 Å². The molecule has 0 aliphatic carbocycles. The SMILES string of the molecule is CCN(CC)Cc1ccc(CNC(=O)CCC(=O)c2ccc3c(c2)OCCCO3)cc1. The van der Waals surface area contributed by atoms with Gasteiger partial charge in [0.25, 0.3) is 0 Å². The molecule has 0 unspecified atom stereocenters. The molecule has 6 heteroatoms. The predicted molar refractivity (Wildman–Crippen MR) is 121 cm³/mol. The lowest BCUT2D eigenvalue weighted by atomic mass is 10.1. The number of benzene rings is 2. The molecule has 0 saturated carbocycles. The van der Waals surface area contributed by atoms with Crippen LogP contribution in [-0.4, -0.2) is 42.9 Å². The number of hydrogen-bond donors (Lipinski definition) is 1. The van der Waals surface area contributed by atoms with E-state index < -0.39 is 0 Å². The highest BCUT2D eigenvalue weighted by atomic mass is 16.5. The van der Waals surface area contributed by atoms with Crippen LogP contribution in [0, 0.1) is 0 Å². The van der Waals surface area contributed by atoms with Gasteiger partial charge in [-0.3, -0.25) is 14.5 Å². The molecule has 0 atom stereocenters. The highest BCUT2D eigenvalue weighted by Crippen LogP contribution is 2.30. The lowest BCUT2D eigenvalue weighted by molar-refractivity contribution is -0.121. The van der Waals surface area contributed by atoms with Gasteiger partial charge in [0, 0.05) is 37.9 Å². The molecule has 0 radical (unpaired) electrons. The van der Waals surface area contributed by atoms with Crippen LogP contribution in [0.3, 0.4) is 0 Å². The third-order valence-electron chi connectivity index (χ3n) is 5.46. The van der Waals surface area contributed by atoms with E-state index in [1.165, 1.54) is 5.56 Å². The number of Topliss-reactive ketones (excluding diaryl/α,β-unsaturated/α-hetero) is 1. The largest absolute Gasteiger partial charge is 0.490 e. The Balaban J connectivity index is 1.44. The summed E-state index contributed by atoms with van der Waals surface area (Å²) in [5, 5.41) is 2.90. The van der Waals surface area contributed by atoms with Gasteiger partial charge in [0.15, 0.2) is 17.3 Å². The zero-order valence-electron chi connectivity index (χ0n) is 18.5. The summed E-state index contributed by atoms with van der Waals surface area (Å²) in [4.78, 5) is 27.1. The second-order valence-electron chi connectivity index (χ2n) is 7.69. The van der Waals surface area contributed by atoms with Crippen molar-refractivity contribution >= 4 is 11.7 Å². The topological polar surface area (TPSA) is 67.9 Å². The van der Waals surface area contributed by atoms with Crippen molar-refractivity contribution in [2.75, 3.05) is 26.3 Å². The van der Waals surface area contributed by atoms with Gasteiger partial charge in [-0.15, -0.1) is 0 Å². The van der Waals surface area contributed by atoms with Gasteiger partial charge in [-0.2, -0.15) is 0 Å². The van der Waals surface area contributed by atoms with Crippen LogP contribution in [0.2, 0.25) is 0 Å². The van der Waals surface area contributed by atoms with Gasteiger partial charge in [-0.25, -0.2) is 0 Å². The number of carbonyl (C=O) groups excluding carboxylic acids is 2. The van der Waals surface area contributed by atoms with E-state index in [1.807, 2.05) is 12.1 Å². The second kappa shape index (κ2) is 11.5. The number of nitrogens with one attached hydrogen (secondary N) is 1. The normalized spacial score (nSPS) is 13.0. The average molecular weight is 425 g/mol. The number of fused-ring (bicyclic) bond motifs is 1. The molecule has 1 aliphatic rings. The van der Waals surface area contributed by atoms with Crippen molar-refractivity contribution in [3.63, 3.8) is 0 Å². The number of carbonyl (C=O) groups is 2. The molecule has 6 nitrogen and oxygen atoms in total. The van der Waals surface area contributed by atoms with Crippen molar-refractivity contribution in [2.45, 2.75) is 46.2 Å². The Morgan fingerprint density at radius 1 is 0.903 bits per heavy atom. The highest BCUT2D eigenvalue weighted by Gasteiger charge is 2.15. The first-order chi connectivity index (χ1) is 15.1. The summed E-state index contributed by atoms with van der Waals surface area (Å²) in [7, 11) is 0. The van der Waals surface area contributed by atoms with E-state index in [-0.39, 0.29) is 24.5 Å². The first-order valence-corrected chi connectivity index (χ1v) is 11.1. The molecule has 2 aromatic carbocycles. The molecule has 0 spiro atoms.